The van der Waals surface area contributed by atoms with Gasteiger partial charge in [-0.05, 0) is 39.0 Å². The number of hydrogen-bond donors (Lipinski definition) is 2. The van der Waals surface area contributed by atoms with Crippen molar-refractivity contribution in [1.29, 1.82) is 0 Å². The molecule has 0 radical (unpaired) electrons. The van der Waals surface area contributed by atoms with Crippen LogP contribution in [0.25, 0.3) is 0 Å². The summed E-state index contributed by atoms with van der Waals surface area (Å²) in [6.07, 6.45) is 0. The third kappa shape index (κ3) is 4.31. The van der Waals surface area contributed by atoms with Crippen molar-refractivity contribution >= 4 is 11.7 Å². The molecule has 2 N–H and O–H groups in total. The van der Waals surface area contributed by atoms with Gasteiger partial charge in [0.2, 0.25) is 0 Å². The van der Waals surface area contributed by atoms with Crippen molar-refractivity contribution in [2.24, 2.45) is 0 Å². The van der Waals surface area contributed by atoms with E-state index in [1.54, 1.807) is 24.3 Å². The predicted molar refractivity (Wildman–Crippen MR) is 62.7 cm³/mol. The number of benzene rings is 1. The summed E-state index contributed by atoms with van der Waals surface area (Å²) in [5, 5.41) is 11.8. The zero-order chi connectivity index (χ0) is 12.2. The van der Waals surface area contributed by atoms with Crippen LogP contribution in [-0.2, 0) is 4.74 Å². The molecule has 0 aromatic heterocycles. The minimum atomic E-state index is -0.930. The minimum absolute atomic E-state index is 0.211. The molecular formula is C12H17NO3. The molecule has 1 aromatic carbocycles. The molecule has 0 aliphatic heterocycles. The molecule has 0 atom stereocenters. The van der Waals surface area contributed by atoms with Crippen molar-refractivity contribution < 1.29 is 14.6 Å². The lowest BCUT2D eigenvalue weighted by molar-refractivity contribution is 0.00844. The molecular weight excluding hydrogens is 206 g/mol. The van der Waals surface area contributed by atoms with E-state index in [9.17, 15) is 4.79 Å². The number of anilines is 1. The second-order valence-corrected chi connectivity index (χ2v) is 4.46. The van der Waals surface area contributed by atoms with E-state index in [0.717, 1.165) is 5.69 Å². The van der Waals surface area contributed by atoms with Gasteiger partial charge in [-0.3, -0.25) is 0 Å². The zero-order valence-corrected chi connectivity index (χ0v) is 9.78. The monoisotopic (exact) mass is 223 g/mol. The number of carbonyl (C=O) groups is 1. The summed E-state index contributed by atoms with van der Waals surface area (Å²) in [6.45, 7) is 6.24. The Morgan fingerprint density at radius 1 is 1.44 bits per heavy atom. The van der Waals surface area contributed by atoms with Gasteiger partial charge in [0.05, 0.1) is 11.2 Å². The maximum Gasteiger partial charge on any atom is 0.335 e. The Labute approximate surface area is 95.2 Å². The van der Waals surface area contributed by atoms with Crippen molar-refractivity contribution in [3.63, 3.8) is 0 Å². The summed E-state index contributed by atoms with van der Waals surface area (Å²) >= 11 is 0. The molecule has 4 heteroatoms. The van der Waals surface area contributed by atoms with Crippen molar-refractivity contribution in [3.05, 3.63) is 29.8 Å². The zero-order valence-electron chi connectivity index (χ0n) is 9.78. The summed E-state index contributed by atoms with van der Waals surface area (Å²) in [4.78, 5) is 10.7. The number of hydrogen-bond acceptors (Lipinski definition) is 3. The lowest BCUT2D eigenvalue weighted by Gasteiger charge is -2.20. The Kier molecular flexibility index (Phi) is 3.90. The average molecular weight is 223 g/mol. The van der Waals surface area contributed by atoms with E-state index in [1.807, 2.05) is 20.8 Å². The van der Waals surface area contributed by atoms with Gasteiger partial charge in [0.1, 0.15) is 6.73 Å². The highest BCUT2D eigenvalue weighted by Crippen LogP contribution is 2.12. The van der Waals surface area contributed by atoms with Crippen LogP contribution in [0, 0.1) is 0 Å². The number of nitrogens with one attached hydrogen (secondary N) is 1. The van der Waals surface area contributed by atoms with Gasteiger partial charge in [0.25, 0.3) is 0 Å². The fourth-order valence-electron chi connectivity index (χ4n) is 1.10. The van der Waals surface area contributed by atoms with Gasteiger partial charge in [-0.2, -0.15) is 0 Å². The molecule has 0 spiro atoms. The molecule has 4 nitrogen and oxygen atoms in total. The molecule has 0 heterocycles. The molecule has 16 heavy (non-hydrogen) atoms. The summed E-state index contributed by atoms with van der Waals surface area (Å²) in [5.74, 6) is -0.930. The van der Waals surface area contributed by atoms with Crippen molar-refractivity contribution in [2.75, 3.05) is 12.0 Å². The van der Waals surface area contributed by atoms with Crippen molar-refractivity contribution in [2.45, 2.75) is 26.4 Å². The average Bonchev–Trinajstić information content (AvgIpc) is 2.16. The topological polar surface area (TPSA) is 58.6 Å². The second-order valence-electron chi connectivity index (χ2n) is 4.46. The van der Waals surface area contributed by atoms with Crippen LogP contribution in [0.4, 0.5) is 5.69 Å². The van der Waals surface area contributed by atoms with E-state index >= 15 is 0 Å². The maximum absolute atomic E-state index is 10.7. The first-order valence-electron chi connectivity index (χ1n) is 5.10. The molecule has 88 valence electrons. The third-order valence-corrected chi connectivity index (χ3v) is 1.89. The number of carboxylic acid groups (broad SMARTS) is 1. The Morgan fingerprint density at radius 3 is 2.69 bits per heavy atom. The number of carboxylic acids is 1. The maximum atomic E-state index is 10.7. The van der Waals surface area contributed by atoms with Gasteiger partial charge >= 0.3 is 5.97 Å². The van der Waals surface area contributed by atoms with Crippen LogP contribution in [0.3, 0.4) is 0 Å². The number of rotatable bonds is 4. The van der Waals surface area contributed by atoms with Crippen LogP contribution in [0.5, 0.6) is 0 Å². The first-order valence-corrected chi connectivity index (χ1v) is 5.10. The Balaban J connectivity index is 2.55. The van der Waals surface area contributed by atoms with Gasteiger partial charge in [-0.25, -0.2) is 4.79 Å². The summed E-state index contributed by atoms with van der Waals surface area (Å²) in [7, 11) is 0. The molecule has 0 amide bonds. The van der Waals surface area contributed by atoms with Crippen LogP contribution in [-0.4, -0.2) is 23.4 Å². The van der Waals surface area contributed by atoms with Gasteiger partial charge < -0.3 is 15.2 Å². The van der Waals surface area contributed by atoms with Crippen LogP contribution in [0.1, 0.15) is 31.1 Å². The molecule has 0 fully saturated rings. The highest BCUT2D eigenvalue weighted by atomic mass is 16.5. The van der Waals surface area contributed by atoms with Gasteiger partial charge in [0.15, 0.2) is 0 Å². The van der Waals surface area contributed by atoms with Crippen LogP contribution in [0.15, 0.2) is 24.3 Å². The molecule has 0 aliphatic rings. The van der Waals surface area contributed by atoms with Gasteiger partial charge in [-0.15, -0.1) is 0 Å². The first kappa shape index (κ1) is 12.5. The van der Waals surface area contributed by atoms with E-state index in [2.05, 4.69) is 5.32 Å². The van der Waals surface area contributed by atoms with Gasteiger partial charge in [0, 0.05) is 5.69 Å². The van der Waals surface area contributed by atoms with E-state index in [-0.39, 0.29) is 11.2 Å². The van der Waals surface area contributed by atoms with Crippen molar-refractivity contribution in [1.82, 2.24) is 0 Å². The van der Waals surface area contributed by atoms with Crippen LogP contribution >= 0.6 is 0 Å². The van der Waals surface area contributed by atoms with E-state index in [4.69, 9.17) is 9.84 Å². The number of aromatic carboxylic acids is 1. The van der Waals surface area contributed by atoms with Crippen LogP contribution < -0.4 is 5.32 Å². The summed E-state index contributed by atoms with van der Waals surface area (Å²) in [5.41, 5.74) is 0.794. The second kappa shape index (κ2) is 4.99. The standard InChI is InChI=1S/C12H17NO3/c1-12(2,3)16-8-13-10-6-4-5-9(7-10)11(14)15/h4-7,13H,8H2,1-3H3,(H,14,15). The fraction of sp³-hybridized carbons (Fsp3) is 0.417. The Hall–Kier alpha value is -1.55. The van der Waals surface area contributed by atoms with Crippen molar-refractivity contribution in [3.8, 4) is 0 Å². The Bertz CT molecular complexity index is 369. The molecule has 0 saturated carbocycles. The summed E-state index contributed by atoms with van der Waals surface area (Å²) < 4.78 is 5.48. The summed E-state index contributed by atoms with van der Waals surface area (Å²) in [6, 6.07) is 6.63. The third-order valence-electron chi connectivity index (χ3n) is 1.89. The largest absolute Gasteiger partial charge is 0.478 e. The lowest BCUT2D eigenvalue weighted by Crippen LogP contribution is -2.23. The molecule has 0 unspecified atom stereocenters. The number of ether oxygens (including phenoxy) is 1. The van der Waals surface area contributed by atoms with E-state index < -0.39 is 5.97 Å². The van der Waals surface area contributed by atoms with E-state index in [0.29, 0.717) is 6.73 Å². The van der Waals surface area contributed by atoms with E-state index in [1.165, 1.54) is 0 Å². The molecule has 1 rings (SSSR count). The highest BCUT2D eigenvalue weighted by Gasteiger charge is 2.09. The molecule has 1 aromatic rings. The normalized spacial score (nSPS) is 11.2. The molecule has 0 saturated heterocycles. The minimum Gasteiger partial charge on any atom is -0.478 e. The smallest absolute Gasteiger partial charge is 0.335 e. The molecule has 0 bridgehead atoms. The highest BCUT2D eigenvalue weighted by molar-refractivity contribution is 5.88. The van der Waals surface area contributed by atoms with Gasteiger partial charge in [-0.1, -0.05) is 6.07 Å². The lowest BCUT2D eigenvalue weighted by atomic mass is 10.2. The Morgan fingerprint density at radius 2 is 2.12 bits per heavy atom. The fourth-order valence-corrected chi connectivity index (χ4v) is 1.10. The SMILES string of the molecule is CC(C)(C)OCNc1cccc(C(=O)O)c1. The predicted octanol–water partition coefficient (Wildman–Crippen LogP) is 2.57. The van der Waals surface area contributed by atoms with Crippen LogP contribution in [0.2, 0.25) is 0 Å². The molecule has 0 aliphatic carbocycles. The quantitative estimate of drug-likeness (QED) is 0.770. The first-order chi connectivity index (χ1) is 7.38.